The molecule has 0 heterocycles. The normalized spacial score (nSPS) is 11.1. The number of hydrogen-bond donors (Lipinski definition) is 1. The average Bonchev–Trinajstić information content (AvgIpc) is 2.47. The summed E-state index contributed by atoms with van der Waals surface area (Å²) in [4.78, 5) is 0. The van der Waals surface area contributed by atoms with Gasteiger partial charge in [0.15, 0.2) is 0 Å². The lowest BCUT2D eigenvalue weighted by atomic mass is 10.4. The minimum absolute atomic E-state index is 0.600. The van der Waals surface area contributed by atoms with Crippen molar-refractivity contribution in [1.82, 2.24) is 5.32 Å². The molecule has 0 unspecified atom stereocenters. The zero-order valence-corrected chi connectivity index (χ0v) is 13.0. The molecule has 20 heavy (non-hydrogen) atoms. The third kappa shape index (κ3) is 17.8. The second kappa shape index (κ2) is 18.8. The van der Waals surface area contributed by atoms with E-state index in [-0.39, 0.29) is 0 Å². The van der Waals surface area contributed by atoms with Crippen molar-refractivity contribution < 1.29 is 23.7 Å². The molecule has 0 radical (unpaired) electrons. The molecular weight excluding hydrogens is 262 g/mol. The molecule has 122 valence electrons. The van der Waals surface area contributed by atoms with Crippen molar-refractivity contribution in [1.29, 1.82) is 0 Å². The summed E-state index contributed by atoms with van der Waals surface area (Å²) >= 11 is 0. The van der Waals surface area contributed by atoms with E-state index >= 15 is 0 Å². The monoisotopic (exact) mass is 293 g/mol. The van der Waals surface area contributed by atoms with Crippen LogP contribution in [-0.2, 0) is 23.7 Å². The third-order valence-electron chi connectivity index (χ3n) is 2.45. The van der Waals surface area contributed by atoms with Crippen LogP contribution in [0.4, 0.5) is 0 Å². The molecule has 0 atom stereocenters. The quantitative estimate of drug-likeness (QED) is 0.398. The molecule has 6 heteroatoms. The van der Waals surface area contributed by atoms with E-state index in [4.69, 9.17) is 23.7 Å². The van der Waals surface area contributed by atoms with Crippen LogP contribution < -0.4 is 5.32 Å². The Balaban J connectivity index is 2.89. The van der Waals surface area contributed by atoms with Gasteiger partial charge in [-0.15, -0.1) is 0 Å². The molecule has 0 spiro atoms. The number of hydrogen-bond acceptors (Lipinski definition) is 6. The van der Waals surface area contributed by atoms with Gasteiger partial charge in [0.1, 0.15) is 0 Å². The highest BCUT2D eigenvalue weighted by Gasteiger charge is 1.92. The van der Waals surface area contributed by atoms with Crippen LogP contribution in [0.15, 0.2) is 0 Å². The van der Waals surface area contributed by atoms with E-state index in [1.54, 1.807) is 7.11 Å². The van der Waals surface area contributed by atoms with Gasteiger partial charge in [-0.1, -0.05) is 0 Å². The fourth-order valence-electron chi connectivity index (χ4n) is 1.40. The Labute approximate surface area is 123 Å². The molecule has 0 rings (SSSR count). The SMILES string of the molecule is CCOCCCNCCOCCOCCOCCOC. The van der Waals surface area contributed by atoms with Gasteiger partial charge in [0.2, 0.25) is 0 Å². The zero-order chi connectivity index (χ0) is 14.7. The van der Waals surface area contributed by atoms with E-state index in [0.717, 1.165) is 32.7 Å². The molecule has 0 saturated carbocycles. The average molecular weight is 293 g/mol. The molecule has 0 aliphatic heterocycles. The molecule has 0 aromatic carbocycles. The van der Waals surface area contributed by atoms with E-state index in [0.29, 0.717) is 46.2 Å². The Bertz CT molecular complexity index is 154. The highest BCUT2D eigenvalue weighted by atomic mass is 16.6. The van der Waals surface area contributed by atoms with Crippen LogP contribution in [0.5, 0.6) is 0 Å². The summed E-state index contributed by atoms with van der Waals surface area (Å²) in [7, 11) is 1.66. The molecule has 0 aliphatic rings. The first-order chi connectivity index (χ1) is 9.91. The van der Waals surface area contributed by atoms with Crippen molar-refractivity contribution in [2.45, 2.75) is 13.3 Å². The summed E-state index contributed by atoms with van der Waals surface area (Å²) < 4.78 is 26.2. The molecule has 0 amide bonds. The van der Waals surface area contributed by atoms with Crippen molar-refractivity contribution in [3.05, 3.63) is 0 Å². The summed E-state index contributed by atoms with van der Waals surface area (Å²) in [6.45, 7) is 9.85. The lowest BCUT2D eigenvalue weighted by molar-refractivity contribution is 0.00408. The van der Waals surface area contributed by atoms with Gasteiger partial charge >= 0.3 is 0 Å². The number of methoxy groups -OCH3 is 1. The lowest BCUT2D eigenvalue weighted by Crippen LogP contribution is -2.22. The minimum Gasteiger partial charge on any atom is -0.382 e. The maximum Gasteiger partial charge on any atom is 0.0701 e. The van der Waals surface area contributed by atoms with Gasteiger partial charge < -0.3 is 29.0 Å². The van der Waals surface area contributed by atoms with Crippen molar-refractivity contribution >= 4 is 0 Å². The van der Waals surface area contributed by atoms with Crippen LogP contribution >= 0.6 is 0 Å². The Morgan fingerprint density at radius 1 is 0.650 bits per heavy atom. The number of ether oxygens (including phenoxy) is 5. The third-order valence-corrected chi connectivity index (χ3v) is 2.45. The fourth-order valence-corrected chi connectivity index (χ4v) is 1.40. The molecule has 0 saturated heterocycles. The van der Waals surface area contributed by atoms with Crippen molar-refractivity contribution in [2.24, 2.45) is 0 Å². The van der Waals surface area contributed by atoms with Crippen LogP contribution in [0.3, 0.4) is 0 Å². The Hall–Kier alpha value is -0.240. The van der Waals surface area contributed by atoms with Gasteiger partial charge in [-0.25, -0.2) is 0 Å². The molecule has 0 aromatic heterocycles. The Morgan fingerprint density at radius 2 is 1.25 bits per heavy atom. The first kappa shape index (κ1) is 19.8. The second-order valence-electron chi connectivity index (χ2n) is 4.13. The first-order valence-corrected chi connectivity index (χ1v) is 7.42. The molecule has 0 fully saturated rings. The van der Waals surface area contributed by atoms with E-state index in [1.165, 1.54) is 0 Å². The molecule has 0 bridgehead atoms. The summed E-state index contributed by atoms with van der Waals surface area (Å²) in [5.74, 6) is 0. The lowest BCUT2D eigenvalue weighted by Gasteiger charge is -2.07. The molecule has 1 N–H and O–H groups in total. The number of nitrogens with one attached hydrogen (secondary N) is 1. The van der Waals surface area contributed by atoms with E-state index in [1.807, 2.05) is 6.92 Å². The Morgan fingerprint density at radius 3 is 1.85 bits per heavy atom. The van der Waals surface area contributed by atoms with Crippen LogP contribution in [0.25, 0.3) is 0 Å². The fraction of sp³-hybridized carbons (Fsp3) is 1.00. The van der Waals surface area contributed by atoms with Gasteiger partial charge in [-0.3, -0.25) is 0 Å². The molecule has 0 aromatic rings. The zero-order valence-electron chi connectivity index (χ0n) is 13.0. The molecule has 6 nitrogen and oxygen atoms in total. The summed E-state index contributed by atoms with van der Waals surface area (Å²) in [5.41, 5.74) is 0. The predicted molar refractivity (Wildman–Crippen MR) is 78.3 cm³/mol. The van der Waals surface area contributed by atoms with Gasteiger partial charge in [-0.05, 0) is 19.9 Å². The second-order valence-corrected chi connectivity index (χ2v) is 4.13. The van der Waals surface area contributed by atoms with Crippen molar-refractivity contribution in [3.63, 3.8) is 0 Å². The Kier molecular flexibility index (Phi) is 18.5. The van der Waals surface area contributed by atoms with Crippen LogP contribution in [0.1, 0.15) is 13.3 Å². The van der Waals surface area contributed by atoms with Crippen LogP contribution in [-0.4, -0.2) is 79.7 Å². The summed E-state index contributed by atoms with van der Waals surface area (Å²) in [6.07, 6.45) is 1.04. The van der Waals surface area contributed by atoms with Crippen LogP contribution in [0, 0.1) is 0 Å². The van der Waals surface area contributed by atoms with E-state index in [2.05, 4.69) is 5.32 Å². The number of rotatable bonds is 17. The smallest absolute Gasteiger partial charge is 0.0701 e. The van der Waals surface area contributed by atoms with Crippen molar-refractivity contribution in [3.8, 4) is 0 Å². The maximum atomic E-state index is 5.43. The molecule has 0 aliphatic carbocycles. The van der Waals surface area contributed by atoms with Gasteiger partial charge in [-0.2, -0.15) is 0 Å². The van der Waals surface area contributed by atoms with Crippen molar-refractivity contribution in [2.75, 3.05) is 79.7 Å². The van der Waals surface area contributed by atoms with Gasteiger partial charge in [0, 0.05) is 26.9 Å². The largest absolute Gasteiger partial charge is 0.382 e. The highest BCUT2D eigenvalue weighted by Crippen LogP contribution is 1.82. The van der Waals surface area contributed by atoms with E-state index in [9.17, 15) is 0 Å². The van der Waals surface area contributed by atoms with Gasteiger partial charge in [0.05, 0.1) is 46.2 Å². The predicted octanol–water partition coefficient (Wildman–Crippen LogP) is 0.699. The van der Waals surface area contributed by atoms with Crippen LogP contribution in [0.2, 0.25) is 0 Å². The first-order valence-electron chi connectivity index (χ1n) is 7.42. The summed E-state index contributed by atoms with van der Waals surface area (Å²) in [6, 6.07) is 0. The molecular formula is C14H31NO5. The highest BCUT2D eigenvalue weighted by molar-refractivity contribution is 4.46. The van der Waals surface area contributed by atoms with E-state index < -0.39 is 0 Å². The van der Waals surface area contributed by atoms with Gasteiger partial charge in [0.25, 0.3) is 0 Å². The summed E-state index contributed by atoms with van der Waals surface area (Å²) in [5, 5.41) is 3.30. The maximum absolute atomic E-state index is 5.43. The minimum atomic E-state index is 0.600. The standard InChI is InChI=1S/C14H31NO5/c1-3-17-7-4-5-15-6-8-18-11-12-20-14-13-19-10-9-16-2/h15H,3-14H2,1-2H3. The topological polar surface area (TPSA) is 58.2 Å².